The Kier molecular flexibility index (Phi) is 4.53. The molecule has 1 N–H and O–H groups in total. The van der Waals surface area contributed by atoms with Crippen molar-refractivity contribution < 1.29 is 4.79 Å². The van der Waals surface area contributed by atoms with E-state index in [1.807, 2.05) is 32.3 Å². The second kappa shape index (κ2) is 7.14. The molecule has 1 saturated heterocycles. The van der Waals surface area contributed by atoms with Crippen molar-refractivity contribution in [3.8, 4) is 11.3 Å². The summed E-state index contributed by atoms with van der Waals surface area (Å²) in [6.07, 6.45) is 7.93. The Morgan fingerprint density at radius 3 is 2.85 bits per heavy atom. The Bertz CT molecular complexity index is 951. The number of rotatable bonds is 4. The van der Waals surface area contributed by atoms with Crippen molar-refractivity contribution in [2.45, 2.75) is 19.4 Å². The molecule has 1 amide bonds. The highest BCUT2D eigenvalue weighted by Gasteiger charge is 2.26. The van der Waals surface area contributed by atoms with Crippen LogP contribution < -0.4 is 10.2 Å². The number of nitrogens with zero attached hydrogens (tertiary/aromatic N) is 6. The summed E-state index contributed by atoms with van der Waals surface area (Å²) in [7, 11) is 1.88. The molecular weight excluding hydrogens is 342 g/mol. The van der Waals surface area contributed by atoms with Crippen LogP contribution in [0, 0.1) is 6.92 Å². The topological polar surface area (TPSA) is 88.8 Å². The molecule has 0 radical (unpaired) electrons. The number of aryl methyl sites for hydroxylation is 2. The summed E-state index contributed by atoms with van der Waals surface area (Å²) in [6, 6.07) is 5.57. The number of hydrogen-bond donors (Lipinski definition) is 1. The molecule has 8 heteroatoms. The molecule has 0 aromatic carbocycles. The van der Waals surface area contributed by atoms with Gasteiger partial charge in [0.15, 0.2) is 0 Å². The van der Waals surface area contributed by atoms with Crippen LogP contribution in [0.3, 0.4) is 0 Å². The first-order chi connectivity index (χ1) is 13.1. The molecule has 1 atom stereocenters. The molecule has 3 aromatic rings. The Hall–Kier alpha value is -3.29. The number of amides is 1. The van der Waals surface area contributed by atoms with E-state index in [1.165, 1.54) is 0 Å². The van der Waals surface area contributed by atoms with E-state index in [0.717, 1.165) is 29.9 Å². The van der Waals surface area contributed by atoms with Crippen LogP contribution in [0.1, 0.15) is 22.5 Å². The van der Waals surface area contributed by atoms with Gasteiger partial charge >= 0.3 is 0 Å². The standard InChI is InChI=1S/C19H21N7O/c1-13-3-4-14(9-21-13)18(27)23-16-6-8-26(12-16)19-20-7-5-17(24-19)15-10-22-25(2)11-15/h3-5,7,9-11,16H,6,8,12H2,1-2H3,(H,23,27). The van der Waals surface area contributed by atoms with Gasteiger partial charge < -0.3 is 10.2 Å². The van der Waals surface area contributed by atoms with Crippen molar-refractivity contribution in [2.24, 2.45) is 7.05 Å². The lowest BCUT2D eigenvalue weighted by atomic mass is 10.2. The van der Waals surface area contributed by atoms with Crippen molar-refractivity contribution in [1.29, 1.82) is 0 Å². The SMILES string of the molecule is Cc1ccc(C(=O)NC2CCN(c3nccc(-c4cnn(C)c4)n3)C2)cn1. The van der Waals surface area contributed by atoms with E-state index in [0.29, 0.717) is 18.1 Å². The molecule has 0 aliphatic carbocycles. The summed E-state index contributed by atoms with van der Waals surface area (Å²) in [5, 5.41) is 7.26. The second-order valence-electron chi connectivity index (χ2n) is 6.74. The fraction of sp³-hybridized carbons (Fsp3) is 0.316. The molecule has 0 saturated carbocycles. The fourth-order valence-corrected chi connectivity index (χ4v) is 3.15. The third kappa shape index (κ3) is 3.79. The third-order valence-corrected chi connectivity index (χ3v) is 4.62. The summed E-state index contributed by atoms with van der Waals surface area (Å²) >= 11 is 0. The van der Waals surface area contributed by atoms with Crippen molar-refractivity contribution in [1.82, 2.24) is 30.0 Å². The van der Waals surface area contributed by atoms with Gasteiger partial charge in [0, 0.05) is 56.0 Å². The zero-order valence-electron chi connectivity index (χ0n) is 15.3. The van der Waals surface area contributed by atoms with E-state index in [1.54, 1.807) is 29.3 Å². The van der Waals surface area contributed by atoms with Gasteiger partial charge in [-0.2, -0.15) is 5.10 Å². The van der Waals surface area contributed by atoms with Crippen LogP contribution in [0.25, 0.3) is 11.3 Å². The largest absolute Gasteiger partial charge is 0.347 e. The maximum Gasteiger partial charge on any atom is 0.253 e. The molecular formula is C19H21N7O. The lowest BCUT2D eigenvalue weighted by molar-refractivity contribution is 0.0940. The third-order valence-electron chi connectivity index (χ3n) is 4.62. The maximum atomic E-state index is 12.4. The Labute approximate surface area is 157 Å². The number of anilines is 1. The molecule has 138 valence electrons. The molecule has 0 bridgehead atoms. The van der Waals surface area contributed by atoms with Crippen LogP contribution in [0.2, 0.25) is 0 Å². The van der Waals surface area contributed by atoms with E-state index in [9.17, 15) is 4.79 Å². The smallest absolute Gasteiger partial charge is 0.253 e. The zero-order chi connectivity index (χ0) is 18.8. The normalized spacial score (nSPS) is 16.5. The number of nitrogens with one attached hydrogen (secondary N) is 1. The number of hydrogen-bond acceptors (Lipinski definition) is 6. The van der Waals surface area contributed by atoms with Gasteiger partial charge in [-0.05, 0) is 31.5 Å². The number of pyridine rings is 1. The van der Waals surface area contributed by atoms with Crippen LogP contribution in [-0.2, 0) is 7.05 Å². The summed E-state index contributed by atoms with van der Waals surface area (Å²) in [6.45, 7) is 3.38. The summed E-state index contributed by atoms with van der Waals surface area (Å²) in [5.74, 6) is 0.574. The lowest BCUT2D eigenvalue weighted by Gasteiger charge is -2.17. The Morgan fingerprint density at radius 2 is 2.11 bits per heavy atom. The summed E-state index contributed by atoms with van der Waals surface area (Å²) in [5.41, 5.74) is 3.27. The monoisotopic (exact) mass is 363 g/mol. The molecule has 1 fully saturated rings. The first kappa shape index (κ1) is 17.1. The van der Waals surface area contributed by atoms with Crippen molar-refractivity contribution >= 4 is 11.9 Å². The van der Waals surface area contributed by atoms with Crippen LogP contribution in [0.4, 0.5) is 5.95 Å². The highest BCUT2D eigenvalue weighted by molar-refractivity contribution is 5.94. The molecule has 4 rings (SSSR count). The van der Waals surface area contributed by atoms with E-state index in [-0.39, 0.29) is 11.9 Å². The highest BCUT2D eigenvalue weighted by atomic mass is 16.1. The molecule has 4 heterocycles. The van der Waals surface area contributed by atoms with Crippen LogP contribution in [-0.4, -0.2) is 49.8 Å². The molecule has 0 spiro atoms. The average molecular weight is 363 g/mol. The van der Waals surface area contributed by atoms with Gasteiger partial charge in [-0.1, -0.05) is 0 Å². The lowest BCUT2D eigenvalue weighted by Crippen LogP contribution is -2.37. The van der Waals surface area contributed by atoms with Crippen LogP contribution in [0.5, 0.6) is 0 Å². The minimum Gasteiger partial charge on any atom is -0.347 e. The van der Waals surface area contributed by atoms with Gasteiger partial charge in [0.2, 0.25) is 5.95 Å². The first-order valence-electron chi connectivity index (χ1n) is 8.89. The minimum absolute atomic E-state index is 0.0597. The van der Waals surface area contributed by atoms with Crippen molar-refractivity contribution in [2.75, 3.05) is 18.0 Å². The molecule has 1 aliphatic heterocycles. The molecule has 1 aliphatic rings. The Morgan fingerprint density at radius 1 is 1.22 bits per heavy atom. The van der Waals surface area contributed by atoms with Gasteiger partial charge in [-0.3, -0.25) is 14.5 Å². The van der Waals surface area contributed by atoms with E-state index < -0.39 is 0 Å². The van der Waals surface area contributed by atoms with Gasteiger partial charge in [0.25, 0.3) is 5.91 Å². The zero-order valence-corrected chi connectivity index (χ0v) is 15.3. The molecule has 8 nitrogen and oxygen atoms in total. The summed E-state index contributed by atoms with van der Waals surface area (Å²) < 4.78 is 1.75. The quantitative estimate of drug-likeness (QED) is 0.757. The molecule has 3 aromatic heterocycles. The van der Waals surface area contributed by atoms with Crippen LogP contribution in [0.15, 0.2) is 43.0 Å². The van der Waals surface area contributed by atoms with Crippen molar-refractivity contribution in [3.05, 3.63) is 54.2 Å². The minimum atomic E-state index is -0.0978. The second-order valence-corrected chi connectivity index (χ2v) is 6.74. The van der Waals surface area contributed by atoms with Gasteiger partial charge in [-0.25, -0.2) is 9.97 Å². The summed E-state index contributed by atoms with van der Waals surface area (Å²) in [4.78, 5) is 27.7. The molecule has 1 unspecified atom stereocenters. The first-order valence-corrected chi connectivity index (χ1v) is 8.89. The van der Waals surface area contributed by atoms with Gasteiger partial charge in [0.1, 0.15) is 0 Å². The number of carbonyl (C=O) groups excluding carboxylic acids is 1. The average Bonchev–Trinajstić information content (AvgIpc) is 3.31. The van der Waals surface area contributed by atoms with Gasteiger partial charge in [0.05, 0.1) is 17.5 Å². The van der Waals surface area contributed by atoms with Gasteiger partial charge in [-0.15, -0.1) is 0 Å². The highest BCUT2D eigenvalue weighted by Crippen LogP contribution is 2.21. The Balaban J connectivity index is 1.42. The number of aromatic nitrogens is 5. The van der Waals surface area contributed by atoms with Crippen LogP contribution >= 0.6 is 0 Å². The maximum absolute atomic E-state index is 12.4. The predicted octanol–water partition coefficient (Wildman–Crippen LogP) is 1.59. The van der Waals surface area contributed by atoms with E-state index in [4.69, 9.17) is 0 Å². The van der Waals surface area contributed by atoms with E-state index >= 15 is 0 Å². The number of carbonyl (C=O) groups is 1. The molecule has 27 heavy (non-hydrogen) atoms. The predicted molar refractivity (Wildman–Crippen MR) is 101 cm³/mol. The fourth-order valence-electron chi connectivity index (χ4n) is 3.15. The van der Waals surface area contributed by atoms with E-state index in [2.05, 4.69) is 30.3 Å². The van der Waals surface area contributed by atoms with Crippen molar-refractivity contribution in [3.63, 3.8) is 0 Å².